The van der Waals surface area contributed by atoms with Crippen LogP contribution in [0.15, 0.2) is 47.4 Å². The van der Waals surface area contributed by atoms with Crippen molar-refractivity contribution in [1.82, 2.24) is 0 Å². The number of hydrogen-bond acceptors (Lipinski definition) is 5. The number of sulfonamides is 1. The lowest BCUT2D eigenvalue weighted by atomic mass is 10.2. The van der Waals surface area contributed by atoms with Crippen LogP contribution in [0.1, 0.15) is 22.8 Å². The highest BCUT2D eigenvalue weighted by atomic mass is 32.2. The maximum atomic E-state index is 12.2. The Morgan fingerprint density at radius 2 is 1.82 bits per heavy atom. The minimum absolute atomic E-state index is 0.0562. The number of nitriles is 1. The number of Topliss-reactive ketones (excluding diaryl/α,β-unsaturated/α-hetero) is 1. The summed E-state index contributed by atoms with van der Waals surface area (Å²) in [5.41, 5.74) is 0.519. The van der Waals surface area contributed by atoms with Crippen LogP contribution in [0.2, 0.25) is 0 Å². The Morgan fingerprint density at radius 1 is 1.18 bits per heavy atom. The average Bonchev–Trinajstić information content (AvgIpc) is 2.49. The SMILES string of the molecule is CC(=O)c1ccc(S(=O)(=O)Nc2cc(C#N)ccc2O)cc1. The summed E-state index contributed by atoms with van der Waals surface area (Å²) in [5, 5.41) is 18.5. The Hall–Kier alpha value is -2.85. The lowest BCUT2D eigenvalue weighted by Crippen LogP contribution is -2.13. The summed E-state index contributed by atoms with van der Waals surface area (Å²) in [6, 6.07) is 11.1. The van der Waals surface area contributed by atoms with Crippen LogP contribution in [-0.2, 0) is 10.0 Å². The van der Waals surface area contributed by atoms with Crippen LogP contribution in [0.25, 0.3) is 0 Å². The number of hydrogen-bond donors (Lipinski definition) is 2. The van der Waals surface area contributed by atoms with Crippen molar-refractivity contribution in [2.75, 3.05) is 4.72 Å². The van der Waals surface area contributed by atoms with E-state index >= 15 is 0 Å². The van der Waals surface area contributed by atoms with Crippen LogP contribution in [0.4, 0.5) is 5.69 Å². The van der Waals surface area contributed by atoms with Gasteiger partial charge in [0, 0.05) is 5.56 Å². The third-order valence-electron chi connectivity index (χ3n) is 2.94. The molecule has 2 rings (SSSR count). The number of anilines is 1. The monoisotopic (exact) mass is 316 g/mol. The van der Waals surface area contributed by atoms with Crippen molar-refractivity contribution in [2.45, 2.75) is 11.8 Å². The number of rotatable bonds is 4. The topological polar surface area (TPSA) is 107 Å². The first-order chi connectivity index (χ1) is 10.3. The van der Waals surface area contributed by atoms with Crippen LogP contribution in [0, 0.1) is 11.3 Å². The standard InChI is InChI=1S/C15H12N2O4S/c1-10(18)12-3-5-13(6-4-12)22(20,21)17-14-8-11(9-16)2-7-15(14)19/h2-8,17,19H,1H3. The minimum atomic E-state index is -3.93. The average molecular weight is 316 g/mol. The number of benzene rings is 2. The first kappa shape index (κ1) is 15.5. The van der Waals surface area contributed by atoms with Crippen molar-refractivity contribution in [2.24, 2.45) is 0 Å². The van der Waals surface area contributed by atoms with Gasteiger partial charge in [-0.1, -0.05) is 12.1 Å². The van der Waals surface area contributed by atoms with E-state index in [0.717, 1.165) is 0 Å². The van der Waals surface area contributed by atoms with Gasteiger partial charge in [-0.2, -0.15) is 5.26 Å². The summed E-state index contributed by atoms with van der Waals surface area (Å²) in [4.78, 5) is 11.1. The number of phenolic OH excluding ortho intramolecular Hbond substituents is 1. The zero-order chi connectivity index (χ0) is 16.3. The van der Waals surface area contributed by atoms with Gasteiger partial charge < -0.3 is 5.11 Å². The van der Waals surface area contributed by atoms with Gasteiger partial charge in [0.25, 0.3) is 10.0 Å². The second kappa shape index (κ2) is 5.87. The second-order valence-corrected chi connectivity index (χ2v) is 6.21. The van der Waals surface area contributed by atoms with E-state index in [1.54, 1.807) is 0 Å². The number of nitrogens with zero attached hydrogens (tertiary/aromatic N) is 1. The summed E-state index contributed by atoms with van der Waals surface area (Å²) >= 11 is 0. The van der Waals surface area contributed by atoms with Crippen molar-refractivity contribution in [3.05, 3.63) is 53.6 Å². The smallest absolute Gasteiger partial charge is 0.262 e. The Kier molecular flexibility index (Phi) is 4.15. The molecule has 0 aliphatic carbocycles. The zero-order valence-corrected chi connectivity index (χ0v) is 12.4. The molecule has 0 aliphatic rings. The Bertz CT molecular complexity index is 865. The lowest BCUT2D eigenvalue weighted by Gasteiger charge is -2.10. The molecular formula is C15H12N2O4S. The van der Waals surface area contributed by atoms with Crippen LogP contribution >= 0.6 is 0 Å². The Labute approximate surface area is 127 Å². The number of carbonyl (C=O) groups excluding carboxylic acids is 1. The molecule has 7 heteroatoms. The van der Waals surface area contributed by atoms with E-state index in [1.165, 1.54) is 49.4 Å². The first-order valence-corrected chi connectivity index (χ1v) is 7.69. The van der Waals surface area contributed by atoms with Crippen molar-refractivity contribution in [1.29, 1.82) is 5.26 Å². The predicted octanol–water partition coefficient (Wildman–Crippen LogP) is 2.27. The number of carbonyl (C=O) groups is 1. The summed E-state index contributed by atoms with van der Waals surface area (Å²) in [6.45, 7) is 1.38. The van der Waals surface area contributed by atoms with E-state index in [1.807, 2.05) is 6.07 Å². The highest BCUT2D eigenvalue weighted by Gasteiger charge is 2.16. The van der Waals surface area contributed by atoms with Crippen molar-refractivity contribution in [3.63, 3.8) is 0 Å². The van der Waals surface area contributed by atoms with Crippen LogP contribution in [0.5, 0.6) is 5.75 Å². The summed E-state index contributed by atoms with van der Waals surface area (Å²) in [5.74, 6) is -0.459. The number of ketones is 1. The van der Waals surface area contributed by atoms with E-state index in [0.29, 0.717) is 5.56 Å². The maximum absolute atomic E-state index is 12.2. The molecule has 0 unspecified atom stereocenters. The van der Waals surface area contributed by atoms with Gasteiger partial charge in [-0.3, -0.25) is 9.52 Å². The molecule has 112 valence electrons. The van der Waals surface area contributed by atoms with Gasteiger partial charge in [-0.15, -0.1) is 0 Å². The molecule has 2 N–H and O–H groups in total. The predicted molar refractivity (Wildman–Crippen MR) is 80.1 cm³/mol. The minimum Gasteiger partial charge on any atom is -0.506 e. The van der Waals surface area contributed by atoms with E-state index in [4.69, 9.17) is 5.26 Å². The largest absolute Gasteiger partial charge is 0.506 e. The summed E-state index contributed by atoms with van der Waals surface area (Å²) in [6.07, 6.45) is 0. The fourth-order valence-corrected chi connectivity index (χ4v) is 2.83. The molecule has 2 aromatic carbocycles. The fourth-order valence-electron chi connectivity index (χ4n) is 1.76. The van der Waals surface area contributed by atoms with E-state index in [9.17, 15) is 18.3 Å². The Morgan fingerprint density at radius 3 is 2.36 bits per heavy atom. The van der Waals surface area contributed by atoms with E-state index < -0.39 is 10.0 Å². The third kappa shape index (κ3) is 3.24. The normalized spacial score (nSPS) is 10.7. The molecule has 22 heavy (non-hydrogen) atoms. The molecule has 6 nitrogen and oxygen atoms in total. The third-order valence-corrected chi connectivity index (χ3v) is 4.32. The highest BCUT2D eigenvalue weighted by molar-refractivity contribution is 7.92. The van der Waals surface area contributed by atoms with Crippen molar-refractivity contribution >= 4 is 21.5 Å². The van der Waals surface area contributed by atoms with Crippen LogP contribution in [0.3, 0.4) is 0 Å². The van der Waals surface area contributed by atoms with Gasteiger partial charge >= 0.3 is 0 Å². The van der Waals surface area contributed by atoms with Gasteiger partial charge in [0.1, 0.15) is 5.75 Å². The van der Waals surface area contributed by atoms with Gasteiger partial charge in [0.2, 0.25) is 0 Å². The summed E-state index contributed by atoms with van der Waals surface area (Å²) < 4.78 is 26.7. The number of phenols is 1. The van der Waals surface area contributed by atoms with E-state index in [2.05, 4.69) is 4.72 Å². The fraction of sp³-hybridized carbons (Fsp3) is 0.0667. The summed E-state index contributed by atoms with van der Waals surface area (Å²) in [7, 11) is -3.93. The quantitative estimate of drug-likeness (QED) is 0.664. The lowest BCUT2D eigenvalue weighted by molar-refractivity contribution is 0.101. The number of aromatic hydroxyl groups is 1. The van der Waals surface area contributed by atoms with Crippen LogP contribution in [-0.4, -0.2) is 19.3 Å². The van der Waals surface area contributed by atoms with Gasteiger partial charge in [0.05, 0.1) is 22.2 Å². The van der Waals surface area contributed by atoms with Crippen LogP contribution < -0.4 is 4.72 Å². The molecule has 0 amide bonds. The van der Waals surface area contributed by atoms with Gasteiger partial charge in [-0.05, 0) is 37.3 Å². The zero-order valence-electron chi connectivity index (χ0n) is 11.6. The first-order valence-electron chi connectivity index (χ1n) is 6.20. The molecule has 0 heterocycles. The van der Waals surface area contributed by atoms with Gasteiger partial charge in [0.15, 0.2) is 5.78 Å². The second-order valence-electron chi connectivity index (χ2n) is 4.53. The number of nitrogens with one attached hydrogen (secondary N) is 1. The molecule has 0 saturated heterocycles. The molecule has 0 aliphatic heterocycles. The van der Waals surface area contributed by atoms with Crippen molar-refractivity contribution < 1.29 is 18.3 Å². The molecule has 0 aromatic heterocycles. The molecule has 2 aromatic rings. The highest BCUT2D eigenvalue weighted by Crippen LogP contribution is 2.26. The molecular weight excluding hydrogens is 304 g/mol. The van der Waals surface area contributed by atoms with E-state index in [-0.39, 0.29) is 27.7 Å². The molecule has 0 radical (unpaired) electrons. The molecule has 0 fully saturated rings. The molecule has 0 bridgehead atoms. The molecule has 0 saturated carbocycles. The Balaban J connectivity index is 2.36. The molecule has 0 atom stereocenters. The maximum Gasteiger partial charge on any atom is 0.262 e. The van der Waals surface area contributed by atoms with Crippen molar-refractivity contribution in [3.8, 4) is 11.8 Å². The van der Waals surface area contributed by atoms with Gasteiger partial charge in [-0.25, -0.2) is 8.42 Å². The molecule has 0 spiro atoms.